The van der Waals surface area contributed by atoms with Crippen LogP contribution in [0.25, 0.3) is 0 Å². The number of benzene rings is 1. The maximum atomic E-state index is 13.3. The molecule has 0 amide bonds. The van der Waals surface area contributed by atoms with E-state index in [0.717, 1.165) is 6.07 Å². The second kappa shape index (κ2) is 5.72. The Kier molecular flexibility index (Phi) is 4.17. The van der Waals surface area contributed by atoms with Gasteiger partial charge < -0.3 is 10.6 Å². The molecule has 0 unspecified atom stereocenters. The molecule has 0 aliphatic carbocycles. The van der Waals surface area contributed by atoms with Crippen LogP contribution in [0.3, 0.4) is 0 Å². The fourth-order valence-corrected chi connectivity index (χ4v) is 1.61. The third kappa shape index (κ3) is 3.72. The van der Waals surface area contributed by atoms with E-state index in [4.69, 9.17) is 11.6 Å². The lowest BCUT2D eigenvalue weighted by atomic mass is 10.3. The summed E-state index contributed by atoms with van der Waals surface area (Å²) in [6, 6.07) is 5.02. The molecular formula is C12H9ClF4N4. The predicted octanol–water partition coefficient (Wildman–Crippen LogP) is 4.07. The highest BCUT2D eigenvalue weighted by Crippen LogP contribution is 2.29. The molecule has 1 heterocycles. The van der Waals surface area contributed by atoms with Crippen LogP contribution in [0.1, 0.15) is 5.82 Å². The van der Waals surface area contributed by atoms with E-state index in [1.165, 1.54) is 25.2 Å². The van der Waals surface area contributed by atoms with Crippen LogP contribution in [-0.2, 0) is 6.18 Å². The second-order valence-electron chi connectivity index (χ2n) is 3.96. The highest BCUT2D eigenvalue weighted by molar-refractivity contribution is 6.30. The summed E-state index contributed by atoms with van der Waals surface area (Å²) in [6.07, 6.45) is -4.69. The van der Waals surface area contributed by atoms with E-state index < -0.39 is 17.8 Å². The zero-order valence-electron chi connectivity index (χ0n) is 10.6. The van der Waals surface area contributed by atoms with Gasteiger partial charge in [0.2, 0.25) is 5.82 Å². The summed E-state index contributed by atoms with van der Waals surface area (Å²) in [5.74, 6) is -2.13. The van der Waals surface area contributed by atoms with Crippen molar-refractivity contribution in [3.8, 4) is 0 Å². The van der Waals surface area contributed by atoms with Crippen molar-refractivity contribution in [3.63, 3.8) is 0 Å². The third-order valence-corrected chi connectivity index (χ3v) is 2.73. The van der Waals surface area contributed by atoms with E-state index >= 15 is 0 Å². The molecule has 0 aliphatic rings. The summed E-state index contributed by atoms with van der Waals surface area (Å²) in [7, 11) is 1.42. The zero-order valence-corrected chi connectivity index (χ0v) is 11.3. The Balaban J connectivity index is 2.36. The predicted molar refractivity (Wildman–Crippen MR) is 71.3 cm³/mol. The lowest BCUT2D eigenvalue weighted by Crippen LogP contribution is -2.13. The number of hydrogen-bond donors (Lipinski definition) is 2. The van der Waals surface area contributed by atoms with Crippen molar-refractivity contribution in [2.45, 2.75) is 6.18 Å². The molecule has 0 aliphatic heterocycles. The van der Waals surface area contributed by atoms with Crippen LogP contribution in [0.2, 0.25) is 5.02 Å². The molecule has 0 saturated carbocycles. The van der Waals surface area contributed by atoms with Crippen molar-refractivity contribution in [2.24, 2.45) is 0 Å². The van der Waals surface area contributed by atoms with Gasteiger partial charge in [0.1, 0.15) is 17.5 Å². The van der Waals surface area contributed by atoms with Crippen LogP contribution in [-0.4, -0.2) is 17.0 Å². The lowest BCUT2D eigenvalue weighted by molar-refractivity contribution is -0.144. The fraction of sp³-hybridized carbons (Fsp3) is 0.167. The second-order valence-corrected chi connectivity index (χ2v) is 4.37. The van der Waals surface area contributed by atoms with Crippen LogP contribution in [0, 0.1) is 5.82 Å². The van der Waals surface area contributed by atoms with Crippen molar-refractivity contribution in [1.82, 2.24) is 9.97 Å². The fourth-order valence-electron chi connectivity index (χ4n) is 1.49. The summed E-state index contributed by atoms with van der Waals surface area (Å²) in [5.41, 5.74) is 0.214. The molecule has 0 fully saturated rings. The van der Waals surface area contributed by atoms with E-state index in [1.54, 1.807) is 0 Å². The van der Waals surface area contributed by atoms with Gasteiger partial charge in [-0.25, -0.2) is 14.4 Å². The first-order valence-corrected chi connectivity index (χ1v) is 6.03. The van der Waals surface area contributed by atoms with E-state index in [9.17, 15) is 17.6 Å². The summed E-state index contributed by atoms with van der Waals surface area (Å²) < 4.78 is 51.3. The van der Waals surface area contributed by atoms with Gasteiger partial charge >= 0.3 is 6.18 Å². The van der Waals surface area contributed by atoms with Crippen molar-refractivity contribution in [3.05, 3.63) is 40.9 Å². The molecule has 0 spiro atoms. The Hall–Kier alpha value is -2.09. The molecule has 9 heteroatoms. The zero-order chi connectivity index (χ0) is 15.6. The third-order valence-electron chi connectivity index (χ3n) is 2.43. The lowest BCUT2D eigenvalue weighted by Gasteiger charge is -2.11. The molecular weight excluding hydrogens is 312 g/mol. The monoisotopic (exact) mass is 320 g/mol. The highest BCUT2D eigenvalue weighted by Gasteiger charge is 2.35. The topological polar surface area (TPSA) is 49.8 Å². The van der Waals surface area contributed by atoms with Crippen LogP contribution in [0.15, 0.2) is 24.3 Å². The number of nitrogens with one attached hydrogen (secondary N) is 2. The standard InChI is InChI=1S/C12H9ClF4N4/c1-18-9-5-10(21-11(20-9)12(15,16)17)19-6-2-3-7(13)8(14)4-6/h2-5H,1H3,(H2,18,19,20,21). The van der Waals surface area contributed by atoms with E-state index in [2.05, 4.69) is 20.6 Å². The number of anilines is 3. The van der Waals surface area contributed by atoms with Crippen molar-refractivity contribution >= 4 is 28.9 Å². The Morgan fingerprint density at radius 3 is 2.33 bits per heavy atom. The molecule has 2 rings (SSSR count). The summed E-state index contributed by atoms with van der Waals surface area (Å²) in [5, 5.41) is 4.98. The van der Waals surface area contributed by atoms with Crippen molar-refractivity contribution < 1.29 is 17.6 Å². The Morgan fingerprint density at radius 1 is 1.10 bits per heavy atom. The van der Waals surface area contributed by atoms with Crippen molar-refractivity contribution in [2.75, 3.05) is 17.7 Å². The van der Waals surface area contributed by atoms with Crippen LogP contribution >= 0.6 is 11.6 Å². The van der Waals surface area contributed by atoms with Crippen molar-refractivity contribution in [1.29, 1.82) is 0 Å². The molecule has 1 aromatic carbocycles. The SMILES string of the molecule is CNc1cc(Nc2ccc(Cl)c(F)c2)nc(C(F)(F)F)n1. The first-order valence-electron chi connectivity index (χ1n) is 5.65. The van der Waals surface area contributed by atoms with Gasteiger partial charge in [0, 0.05) is 18.8 Å². The average Bonchev–Trinajstić information content (AvgIpc) is 2.41. The Bertz CT molecular complexity index is 660. The number of nitrogens with zero attached hydrogens (tertiary/aromatic N) is 2. The van der Waals surface area contributed by atoms with Crippen LogP contribution < -0.4 is 10.6 Å². The quantitative estimate of drug-likeness (QED) is 0.837. The molecule has 0 bridgehead atoms. The smallest absolute Gasteiger partial charge is 0.373 e. The van der Waals surface area contributed by atoms with E-state index in [0.29, 0.717) is 0 Å². The van der Waals surface area contributed by atoms with E-state index in [-0.39, 0.29) is 22.3 Å². The molecule has 1 aromatic heterocycles. The average molecular weight is 321 g/mol. The molecule has 2 aromatic rings. The number of alkyl halides is 3. The molecule has 0 saturated heterocycles. The minimum Gasteiger partial charge on any atom is -0.373 e. The van der Waals surface area contributed by atoms with Gasteiger partial charge in [-0.2, -0.15) is 13.2 Å². The van der Waals surface area contributed by atoms with E-state index in [1.807, 2.05) is 0 Å². The Morgan fingerprint density at radius 2 is 1.76 bits per heavy atom. The van der Waals surface area contributed by atoms with Gasteiger partial charge in [-0.05, 0) is 18.2 Å². The molecule has 21 heavy (non-hydrogen) atoms. The number of hydrogen-bond acceptors (Lipinski definition) is 4. The Labute approximate surface area is 122 Å². The van der Waals surface area contributed by atoms with Gasteiger partial charge in [-0.15, -0.1) is 0 Å². The van der Waals surface area contributed by atoms with Gasteiger partial charge in [-0.3, -0.25) is 0 Å². The van der Waals surface area contributed by atoms with Crippen LogP contribution in [0.5, 0.6) is 0 Å². The molecule has 2 N–H and O–H groups in total. The highest BCUT2D eigenvalue weighted by atomic mass is 35.5. The van der Waals surface area contributed by atoms with Gasteiger partial charge in [-0.1, -0.05) is 11.6 Å². The summed E-state index contributed by atoms with van der Waals surface area (Å²) in [4.78, 5) is 6.67. The normalized spacial score (nSPS) is 11.3. The molecule has 0 radical (unpaired) electrons. The maximum absolute atomic E-state index is 13.3. The van der Waals surface area contributed by atoms with Gasteiger partial charge in [0.25, 0.3) is 0 Å². The van der Waals surface area contributed by atoms with Crippen LogP contribution in [0.4, 0.5) is 34.9 Å². The van der Waals surface area contributed by atoms with Gasteiger partial charge in [0.15, 0.2) is 0 Å². The first kappa shape index (κ1) is 15.3. The number of aromatic nitrogens is 2. The summed E-state index contributed by atoms with van der Waals surface area (Å²) in [6.45, 7) is 0. The molecule has 4 nitrogen and oxygen atoms in total. The number of halogens is 5. The molecule has 0 atom stereocenters. The largest absolute Gasteiger partial charge is 0.451 e. The molecule has 112 valence electrons. The minimum atomic E-state index is -4.69. The first-order chi connectivity index (χ1) is 9.79. The summed E-state index contributed by atoms with van der Waals surface area (Å²) >= 11 is 5.53. The maximum Gasteiger partial charge on any atom is 0.451 e. The van der Waals surface area contributed by atoms with Gasteiger partial charge in [0.05, 0.1) is 5.02 Å². The minimum absolute atomic E-state index is 0.0192. The number of rotatable bonds is 3.